The van der Waals surface area contributed by atoms with Crippen LogP contribution >= 0.6 is 11.6 Å². The third kappa shape index (κ3) is 8.07. The van der Waals surface area contributed by atoms with Gasteiger partial charge < -0.3 is 20.8 Å². The third-order valence-corrected chi connectivity index (χ3v) is 4.28. The summed E-state index contributed by atoms with van der Waals surface area (Å²) >= 11 is 5.99. The maximum Gasteiger partial charge on any atom is 0.328 e. The number of hydrazine groups is 1. The third-order valence-electron chi connectivity index (χ3n) is 4.04. The van der Waals surface area contributed by atoms with Gasteiger partial charge in [0.15, 0.2) is 0 Å². The maximum absolute atomic E-state index is 12.4. The van der Waals surface area contributed by atoms with Crippen molar-refractivity contribution in [2.75, 3.05) is 13.2 Å². The Balaban J connectivity index is 1.97. The lowest BCUT2D eigenvalue weighted by Gasteiger charge is -2.18. The molecule has 10 heteroatoms. The minimum Gasteiger partial charge on any atom is -0.464 e. The van der Waals surface area contributed by atoms with Crippen LogP contribution in [0, 0.1) is 0 Å². The SMILES string of the molecule is CCOC(=O)C(Cc1cccc(Cl)c1)NC(=O)CNC(=O)c1cccc(N=CNN)c1. The molecule has 31 heavy (non-hydrogen) atoms. The molecule has 2 rings (SSSR count). The summed E-state index contributed by atoms with van der Waals surface area (Å²) in [7, 11) is 0. The molecule has 5 N–H and O–H groups in total. The molecule has 0 aliphatic carbocycles. The zero-order chi connectivity index (χ0) is 22.6. The highest BCUT2D eigenvalue weighted by Crippen LogP contribution is 2.14. The fourth-order valence-corrected chi connectivity index (χ4v) is 2.90. The number of rotatable bonds is 10. The fraction of sp³-hybridized carbons (Fsp3) is 0.238. The fourth-order valence-electron chi connectivity index (χ4n) is 2.68. The van der Waals surface area contributed by atoms with Crippen molar-refractivity contribution in [3.05, 3.63) is 64.7 Å². The van der Waals surface area contributed by atoms with Crippen molar-refractivity contribution in [1.82, 2.24) is 16.1 Å². The standard InChI is InChI=1S/C21H24ClN5O4/c1-2-31-21(30)18(10-14-5-3-7-16(22)9-14)27-19(28)12-24-20(29)15-6-4-8-17(11-15)25-13-26-23/h3-9,11,13,18H,2,10,12,23H2,1H3,(H,24,29)(H,25,26)(H,27,28). The van der Waals surface area contributed by atoms with Crippen LogP contribution in [0.4, 0.5) is 5.69 Å². The summed E-state index contributed by atoms with van der Waals surface area (Å²) in [6, 6.07) is 12.5. The van der Waals surface area contributed by atoms with Crippen LogP contribution in [0.25, 0.3) is 0 Å². The number of benzene rings is 2. The molecule has 0 bridgehead atoms. The Labute approximate surface area is 185 Å². The molecule has 0 aliphatic heterocycles. The van der Waals surface area contributed by atoms with E-state index < -0.39 is 23.8 Å². The molecule has 0 spiro atoms. The van der Waals surface area contributed by atoms with Crippen molar-refractivity contribution in [2.45, 2.75) is 19.4 Å². The maximum atomic E-state index is 12.4. The van der Waals surface area contributed by atoms with Crippen LogP contribution in [-0.2, 0) is 20.7 Å². The van der Waals surface area contributed by atoms with E-state index in [0.29, 0.717) is 16.3 Å². The summed E-state index contributed by atoms with van der Waals surface area (Å²) < 4.78 is 5.05. The number of hydrogen-bond acceptors (Lipinski definition) is 6. The second-order valence-electron chi connectivity index (χ2n) is 6.36. The average Bonchev–Trinajstić information content (AvgIpc) is 2.76. The second-order valence-corrected chi connectivity index (χ2v) is 6.80. The molecule has 0 saturated carbocycles. The molecule has 2 aromatic rings. The predicted molar refractivity (Wildman–Crippen MR) is 118 cm³/mol. The van der Waals surface area contributed by atoms with Gasteiger partial charge in [-0.3, -0.25) is 9.59 Å². The molecule has 0 aromatic heterocycles. The number of esters is 1. The lowest BCUT2D eigenvalue weighted by atomic mass is 10.1. The summed E-state index contributed by atoms with van der Waals surface area (Å²) in [5.74, 6) is 3.57. The molecule has 1 atom stereocenters. The van der Waals surface area contributed by atoms with Gasteiger partial charge in [-0.25, -0.2) is 15.6 Å². The Morgan fingerprint density at radius 3 is 2.68 bits per heavy atom. The van der Waals surface area contributed by atoms with Gasteiger partial charge in [0.2, 0.25) is 5.91 Å². The Bertz CT molecular complexity index is 951. The van der Waals surface area contributed by atoms with Gasteiger partial charge in [0.25, 0.3) is 5.91 Å². The highest BCUT2D eigenvalue weighted by Gasteiger charge is 2.23. The molecular weight excluding hydrogens is 422 g/mol. The van der Waals surface area contributed by atoms with E-state index in [1.54, 1.807) is 55.5 Å². The van der Waals surface area contributed by atoms with Crippen LogP contribution in [0.3, 0.4) is 0 Å². The van der Waals surface area contributed by atoms with E-state index in [0.717, 1.165) is 5.56 Å². The van der Waals surface area contributed by atoms with Crippen LogP contribution in [-0.4, -0.2) is 43.3 Å². The minimum absolute atomic E-state index is 0.177. The number of amides is 2. The normalized spacial score (nSPS) is 11.6. The van der Waals surface area contributed by atoms with Crippen molar-refractivity contribution in [3.8, 4) is 0 Å². The van der Waals surface area contributed by atoms with Gasteiger partial charge in [-0.05, 0) is 42.8 Å². The Hall–Kier alpha value is -3.43. The molecule has 2 amide bonds. The monoisotopic (exact) mass is 445 g/mol. The lowest BCUT2D eigenvalue weighted by Crippen LogP contribution is -2.47. The van der Waals surface area contributed by atoms with Gasteiger partial charge in [0.05, 0.1) is 18.8 Å². The van der Waals surface area contributed by atoms with Gasteiger partial charge >= 0.3 is 5.97 Å². The molecule has 0 radical (unpaired) electrons. The molecule has 0 fully saturated rings. The number of carbonyl (C=O) groups is 3. The highest BCUT2D eigenvalue weighted by atomic mass is 35.5. The average molecular weight is 446 g/mol. The van der Waals surface area contributed by atoms with Crippen molar-refractivity contribution in [2.24, 2.45) is 10.8 Å². The number of hydrogen-bond donors (Lipinski definition) is 4. The van der Waals surface area contributed by atoms with Crippen molar-refractivity contribution >= 4 is 41.4 Å². The topological polar surface area (TPSA) is 135 Å². The van der Waals surface area contributed by atoms with Gasteiger partial charge in [-0.1, -0.05) is 29.8 Å². The lowest BCUT2D eigenvalue weighted by molar-refractivity contribution is -0.147. The highest BCUT2D eigenvalue weighted by molar-refractivity contribution is 6.30. The van der Waals surface area contributed by atoms with Gasteiger partial charge in [-0.2, -0.15) is 0 Å². The first kappa shape index (κ1) is 23.8. The molecule has 0 heterocycles. The number of nitrogens with one attached hydrogen (secondary N) is 3. The van der Waals surface area contributed by atoms with E-state index in [4.69, 9.17) is 22.2 Å². The van der Waals surface area contributed by atoms with Gasteiger partial charge in [-0.15, -0.1) is 0 Å². The molecule has 9 nitrogen and oxygen atoms in total. The number of aliphatic imine (C=N–C) groups is 1. The van der Waals surface area contributed by atoms with Gasteiger partial charge in [0.1, 0.15) is 12.4 Å². The minimum atomic E-state index is -0.913. The summed E-state index contributed by atoms with van der Waals surface area (Å²) in [5.41, 5.74) is 3.87. The Kier molecular flexibility index (Phi) is 9.47. The number of halogens is 1. The van der Waals surface area contributed by atoms with Crippen molar-refractivity contribution in [1.29, 1.82) is 0 Å². The number of ether oxygens (including phenoxy) is 1. The number of nitrogens with zero attached hydrogens (tertiary/aromatic N) is 1. The quantitative estimate of drug-likeness (QED) is 0.144. The van der Waals surface area contributed by atoms with E-state index in [9.17, 15) is 14.4 Å². The molecule has 1 unspecified atom stereocenters. The number of nitrogens with two attached hydrogens (primary N) is 1. The van der Waals surface area contributed by atoms with Crippen LogP contribution in [0.15, 0.2) is 53.5 Å². The van der Waals surface area contributed by atoms with Crippen LogP contribution < -0.4 is 21.9 Å². The van der Waals surface area contributed by atoms with Crippen LogP contribution in [0.2, 0.25) is 5.02 Å². The summed E-state index contributed by atoms with van der Waals surface area (Å²) in [6.45, 7) is 1.54. The van der Waals surface area contributed by atoms with Gasteiger partial charge in [0, 0.05) is 17.0 Å². The van der Waals surface area contributed by atoms with E-state index >= 15 is 0 Å². The molecule has 164 valence electrons. The molecule has 0 saturated heterocycles. The first-order chi connectivity index (χ1) is 14.9. The van der Waals surface area contributed by atoms with E-state index in [1.807, 2.05) is 0 Å². The number of carbonyl (C=O) groups excluding carboxylic acids is 3. The van der Waals surface area contributed by atoms with E-state index in [-0.39, 0.29) is 19.6 Å². The first-order valence-corrected chi connectivity index (χ1v) is 9.88. The summed E-state index contributed by atoms with van der Waals surface area (Å²) in [5, 5.41) is 5.63. The Morgan fingerprint density at radius 1 is 1.19 bits per heavy atom. The zero-order valence-electron chi connectivity index (χ0n) is 16.9. The molecule has 2 aromatic carbocycles. The first-order valence-electron chi connectivity index (χ1n) is 9.50. The molecule has 0 aliphatic rings. The van der Waals surface area contributed by atoms with Crippen molar-refractivity contribution < 1.29 is 19.1 Å². The van der Waals surface area contributed by atoms with Crippen LogP contribution in [0.1, 0.15) is 22.8 Å². The van der Waals surface area contributed by atoms with E-state index in [1.165, 1.54) is 6.34 Å². The second kappa shape index (κ2) is 12.3. The predicted octanol–water partition coefficient (Wildman–Crippen LogP) is 1.48. The molecular formula is C21H24ClN5O4. The van der Waals surface area contributed by atoms with Crippen molar-refractivity contribution in [3.63, 3.8) is 0 Å². The summed E-state index contributed by atoms with van der Waals surface area (Å²) in [4.78, 5) is 41.0. The van der Waals surface area contributed by atoms with Crippen LogP contribution in [0.5, 0.6) is 0 Å². The Morgan fingerprint density at radius 2 is 1.97 bits per heavy atom. The summed E-state index contributed by atoms with van der Waals surface area (Å²) in [6.07, 6.45) is 1.48. The van der Waals surface area contributed by atoms with E-state index in [2.05, 4.69) is 21.1 Å². The smallest absolute Gasteiger partial charge is 0.328 e. The zero-order valence-corrected chi connectivity index (χ0v) is 17.7. The largest absolute Gasteiger partial charge is 0.464 e.